The van der Waals surface area contributed by atoms with E-state index in [9.17, 15) is 4.39 Å². The zero-order chi connectivity index (χ0) is 20.9. The predicted molar refractivity (Wildman–Crippen MR) is 120 cm³/mol. The lowest BCUT2D eigenvalue weighted by atomic mass is 9.62. The van der Waals surface area contributed by atoms with Gasteiger partial charge in [-0.25, -0.2) is 4.39 Å². The van der Waals surface area contributed by atoms with Crippen LogP contribution in [-0.2, 0) is 4.74 Å². The topological polar surface area (TPSA) is 18.5 Å². The largest absolute Gasteiger partial charge is 0.489 e. The first kappa shape index (κ1) is 21.9. The van der Waals surface area contributed by atoms with E-state index in [1.165, 1.54) is 51.4 Å². The van der Waals surface area contributed by atoms with E-state index in [-0.39, 0.29) is 5.82 Å². The third-order valence-electron chi connectivity index (χ3n) is 8.23. The first-order valence-electron chi connectivity index (χ1n) is 12.3. The highest BCUT2D eigenvalue weighted by Gasteiger charge is 2.39. The summed E-state index contributed by atoms with van der Waals surface area (Å²) in [5, 5.41) is 0. The van der Waals surface area contributed by atoms with Crippen LogP contribution in [0.15, 0.2) is 30.9 Å². The van der Waals surface area contributed by atoms with Gasteiger partial charge in [0.05, 0.1) is 6.10 Å². The molecule has 4 unspecified atom stereocenters. The van der Waals surface area contributed by atoms with Crippen molar-refractivity contribution in [2.75, 3.05) is 13.2 Å². The molecular weight excluding hydrogens is 375 g/mol. The predicted octanol–water partition coefficient (Wildman–Crippen LogP) is 7.29. The third-order valence-corrected chi connectivity index (χ3v) is 8.23. The minimum Gasteiger partial charge on any atom is -0.489 e. The van der Waals surface area contributed by atoms with Crippen molar-refractivity contribution in [3.05, 3.63) is 42.2 Å². The third kappa shape index (κ3) is 5.10. The molecule has 2 nitrogen and oxygen atoms in total. The molecule has 0 spiro atoms. The first-order valence-corrected chi connectivity index (χ1v) is 12.3. The molecule has 4 rings (SSSR count). The lowest BCUT2D eigenvalue weighted by molar-refractivity contribution is -0.0205. The Balaban J connectivity index is 1.28. The van der Waals surface area contributed by atoms with Crippen LogP contribution in [0.2, 0.25) is 0 Å². The highest BCUT2D eigenvalue weighted by atomic mass is 19.1. The zero-order valence-electron chi connectivity index (χ0n) is 18.7. The molecular formula is C27H39FO2. The monoisotopic (exact) mass is 414 g/mol. The standard InChI is InChI=1S/C27H39FO2/c1-3-15-30-25-13-14-26(27(28)18-25)20-7-5-19(6-8-20)21-9-10-23-17-24(29-4-2)12-11-22(23)16-21/h3,13-14,18-24H,1,4-12,15-17H2,2H3. The minimum atomic E-state index is -0.105. The molecule has 0 amide bonds. The van der Waals surface area contributed by atoms with Gasteiger partial charge in [-0.3, -0.25) is 0 Å². The summed E-state index contributed by atoms with van der Waals surface area (Å²) in [6.45, 7) is 7.04. The Kier molecular flexibility index (Phi) is 7.51. The van der Waals surface area contributed by atoms with Gasteiger partial charge in [-0.2, -0.15) is 0 Å². The number of fused-ring (bicyclic) bond motifs is 1. The molecule has 3 aliphatic rings. The zero-order valence-corrected chi connectivity index (χ0v) is 18.7. The maximum Gasteiger partial charge on any atom is 0.130 e. The van der Waals surface area contributed by atoms with Gasteiger partial charge >= 0.3 is 0 Å². The molecule has 166 valence electrons. The quantitative estimate of drug-likeness (QED) is 0.436. The van der Waals surface area contributed by atoms with Crippen LogP contribution < -0.4 is 4.74 Å². The molecule has 0 radical (unpaired) electrons. The van der Waals surface area contributed by atoms with Crippen molar-refractivity contribution in [1.29, 1.82) is 0 Å². The van der Waals surface area contributed by atoms with Gasteiger partial charge in [0.15, 0.2) is 0 Å². The fraction of sp³-hybridized carbons (Fsp3) is 0.704. The summed E-state index contributed by atoms with van der Waals surface area (Å²) in [7, 11) is 0. The van der Waals surface area contributed by atoms with Crippen LogP contribution in [0, 0.1) is 29.5 Å². The summed E-state index contributed by atoms with van der Waals surface area (Å²) < 4.78 is 26.1. The van der Waals surface area contributed by atoms with E-state index in [0.717, 1.165) is 48.7 Å². The highest BCUT2D eigenvalue weighted by Crippen LogP contribution is 2.49. The molecule has 0 aromatic heterocycles. The van der Waals surface area contributed by atoms with Crippen molar-refractivity contribution in [2.24, 2.45) is 23.7 Å². The summed E-state index contributed by atoms with van der Waals surface area (Å²) in [4.78, 5) is 0. The number of hydrogen-bond acceptors (Lipinski definition) is 2. The summed E-state index contributed by atoms with van der Waals surface area (Å²) >= 11 is 0. The molecule has 4 atom stereocenters. The molecule has 0 bridgehead atoms. The molecule has 30 heavy (non-hydrogen) atoms. The van der Waals surface area contributed by atoms with Crippen LogP contribution in [0.1, 0.15) is 82.6 Å². The lowest BCUT2D eigenvalue weighted by Crippen LogP contribution is -2.36. The number of halogens is 1. The Labute approximate surface area is 182 Å². The van der Waals surface area contributed by atoms with Crippen LogP contribution in [-0.4, -0.2) is 19.3 Å². The van der Waals surface area contributed by atoms with Crippen LogP contribution in [0.25, 0.3) is 0 Å². The highest BCUT2D eigenvalue weighted by molar-refractivity contribution is 5.31. The fourth-order valence-electron chi connectivity index (χ4n) is 6.68. The van der Waals surface area contributed by atoms with Gasteiger partial charge < -0.3 is 9.47 Å². The second kappa shape index (κ2) is 10.3. The van der Waals surface area contributed by atoms with Crippen LogP contribution in [0.4, 0.5) is 4.39 Å². The van der Waals surface area contributed by atoms with E-state index in [1.54, 1.807) is 12.1 Å². The lowest BCUT2D eigenvalue weighted by Gasteiger charge is -2.45. The molecule has 0 heterocycles. The van der Waals surface area contributed by atoms with E-state index in [0.29, 0.717) is 24.4 Å². The summed E-state index contributed by atoms with van der Waals surface area (Å²) in [5.41, 5.74) is 0.886. The van der Waals surface area contributed by atoms with Crippen LogP contribution >= 0.6 is 0 Å². The number of hydrogen-bond donors (Lipinski definition) is 0. The number of rotatable bonds is 7. The maximum absolute atomic E-state index is 14.7. The molecule has 1 aromatic rings. The van der Waals surface area contributed by atoms with E-state index in [4.69, 9.17) is 9.47 Å². The normalized spacial score (nSPS) is 34.2. The maximum atomic E-state index is 14.7. The summed E-state index contributed by atoms with van der Waals surface area (Å²) in [6.07, 6.45) is 15.2. The van der Waals surface area contributed by atoms with E-state index in [2.05, 4.69) is 13.5 Å². The Hall–Kier alpha value is -1.35. The molecule has 1 aromatic carbocycles. The van der Waals surface area contributed by atoms with E-state index >= 15 is 0 Å². The molecule has 0 N–H and O–H groups in total. The van der Waals surface area contributed by atoms with Gasteiger partial charge in [0.25, 0.3) is 0 Å². The van der Waals surface area contributed by atoms with Crippen molar-refractivity contribution in [1.82, 2.24) is 0 Å². The molecule has 3 fully saturated rings. The second-order valence-corrected chi connectivity index (χ2v) is 9.88. The van der Waals surface area contributed by atoms with Crippen LogP contribution in [0.5, 0.6) is 5.75 Å². The minimum absolute atomic E-state index is 0.105. The van der Waals surface area contributed by atoms with Gasteiger partial charge in [0.1, 0.15) is 18.2 Å². The summed E-state index contributed by atoms with van der Waals surface area (Å²) in [6, 6.07) is 5.40. The van der Waals surface area contributed by atoms with Gasteiger partial charge in [-0.05, 0) is 112 Å². The van der Waals surface area contributed by atoms with E-state index in [1.807, 2.05) is 12.1 Å². The van der Waals surface area contributed by atoms with Crippen molar-refractivity contribution < 1.29 is 13.9 Å². The van der Waals surface area contributed by atoms with E-state index < -0.39 is 0 Å². The Morgan fingerprint density at radius 3 is 2.30 bits per heavy atom. The summed E-state index contributed by atoms with van der Waals surface area (Å²) in [5.74, 6) is 4.44. The molecule has 3 saturated carbocycles. The SMILES string of the molecule is C=CCOc1ccc(C2CCC(C3CCC4CC(OCC)CCC4C3)CC2)c(F)c1. The van der Waals surface area contributed by atoms with Gasteiger partial charge in [-0.1, -0.05) is 18.7 Å². The Morgan fingerprint density at radius 1 is 0.933 bits per heavy atom. The van der Waals surface area contributed by atoms with Crippen molar-refractivity contribution in [2.45, 2.75) is 83.2 Å². The average molecular weight is 415 g/mol. The van der Waals surface area contributed by atoms with Gasteiger partial charge in [-0.15, -0.1) is 0 Å². The number of benzene rings is 1. The Bertz CT molecular complexity index is 694. The van der Waals surface area contributed by atoms with Crippen LogP contribution in [0.3, 0.4) is 0 Å². The fourth-order valence-corrected chi connectivity index (χ4v) is 6.68. The number of ether oxygens (including phenoxy) is 2. The van der Waals surface area contributed by atoms with Crippen molar-refractivity contribution in [3.8, 4) is 5.75 Å². The average Bonchev–Trinajstić information content (AvgIpc) is 2.78. The smallest absolute Gasteiger partial charge is 0.130 e. The first-order chi connectivity index (χ1) is 14.7. The van der Waals surface area contributed by atoms with Crippen molar-refractivity contribution >= 4 is 0 Å². The molecule has 3 heteroatoms. The molecule has 0 aliphatic heterocycles. The molecule has 0 saturated heterocycles. The van der Waals surface area contributed by atoms with Crippen molar-refractivity contribution in [3.63, 3.8) is 0 Å². The van der Waals surface area contributed by atoms with Gasteiger partial charge in [0.2, 0.25) is 0 Å². The second-order valence-electron chi connectivity index (χ2n) is 9.88. The Morgan fingerprint density at radius 2 is 1.60 bits per heavy atom. The van der Waals surface area contributed by atoms with Gasteiger partial charge in [0, 0.05) is 12.7 Å². The molecule has 3 aliphatic carbocycles.